The maximum Gasteiger partial charge on any atom is 0.250 e. The molecule has 2 aliphatic heterocycles. The number of ether oxygens (including phenoxy) is 2. The number of carbonyl (C=O) groups is 1. The lowest BCUT2D eigenvalue weighted by Crippen LogP contribution is -2.38. The lowest BCUT2D eigenvalue weighted by molar-refractivity contribution is -0.118. The second-order valence-electron chi connectivity index (χ2n) is 9.81. The third kappa shape index (κ3) is 5.12. The predicted molar refractivity (Wildman–Crippen MR) is 131 cm³/mol. The standard InChI is InChI=1S/C28H33FN2O3/c1-33-25-9-6-20(7-10-25)21-11-13-31(14-12-21)17-19-5-8-24(15-19)30-28(32)23-16-22-3-2-4-26(29)27(22)34-18-23/h2-4,6-7,9-10,16,19,21,24H,5,8,11-15,17-18H2,1H3,(H,30,32). The van der Waals surface area contributed by atoms with Gasteiger partial charge in [-0.25, -0.2) is 4.39 Å². The molecule has 34 heavy (non-hydrogen) atoms. The van der Waals surface area contributed by atoms with E-state index in [9.17, 15) is 9.18 Å². The minimum absolute atomic E-state index is 0.0964. The third-order valence-corrected chi connectivity index (χ3v) is 7.56. The molecule has 2 fully saturated rings. The Morgan fingerprint density at radius 3 is 2.68 bits per heavy atom. The highest BCUT2D eigenvalue weighted by atomic mass is 19.1. The van der Waals surface area contributed by atoms with E-state index >= 15 is 0 Å². The highest BCUT2D eigenvalue weighted by Crippen LogP contribution is 2.33. The Bertz CT molecular complexity index is 1040. The highest BCUT2D eigenvalue weighted by molar-refractivity contribution is 5.99. The van der Waals surface area contributed by atoms with Crippen molar-refractivity contribution in [1.82, 2.24) is 10.2 Å². The van der Waals surface area contributed by atoms with Crippen LogP contribution in [0.4, 0.5) is 4.39 Å². The zero-order valence-corrected chi connectivity index (χ0v) is 19.8. The molecule has 1 N–H and O–H groups in total. The topological polar surface area (TPSA) is 50.8 Å². The molecule has 2 unspecified atom stereocenters. The van der Waals surface area contributed by atoms with Crippen LogP contribution >= 0.6 is 0 Å². The van der Waals surface area contributed by atoms with Gasteiger partial charge in [-0.3, -0.25) is 4.79 Å². The average molecular weight is 465 g/mol. The maximum absolute atomic E-state index is 13.8. The minimum atomic E-state index is -0.389. The van der Waals surface area contributed by atoms with Crippen molar-refractivity contribution < 1.29 is 18.7 Å². The van der Waals surface area contributed by atoms with Gasteiger partial charge in [0.2, 0.25) is 0 Å². The predicted octanol–water partition coefficient (Wildman–Crippen LogP) is 4.77. The third-order valence-electron chi connectivity index (χ3n) is 7.56. The van der Waals surface area contributed by atoms with Gasteiger partial charge in [0.25, 0.3) is 5.91 Å². The van der Waals surface area contributed by atoms with E-state index in [0.717, 1.165) is 44.6 Å². The molecule has 0 radical (unpaired) electrons. The first kappa shape index (κ1) is 22.9. The monoisotopic (exact) mass is 464 g/mol. The van der Waals surface area contributed by atoms with Crippen LogP contribution in [0.3, 0.4) is 0 Å². The van der Waals surface area contributed by atoms with Crippen molar-refractivity contribution in [1.29, 1.82) is 0 Å². The van der Waals surface area contributed by atoms with Gasteiger partial charge in [0.05, 0.1) is 12.7 Å². The number of fused-ring (bicyclic) bond motifs is 1. The van der Waals surface area contributed by atoms with Gasteiger partial charge in [0, 0.05) is 18.2 Å². The van der Waals surface area contributed by atoms with Crippen molar-refractivity contribution in [2.75, 3.05) is 33.4 Å². The molecule has 2 heterocycles. The lowest BCUT2D eigenvalue weighted by atomic mass is 9.89. The van der Waals surface area contributed by atoms with Gasteiger partial charge in [-0.15, -0.1) is 0 Å². The first-order chi connectivity index (χ1) is 16.6. The van der Waals surface area contributed by atoms with Crippen LogP contribution in [0.15, 0.2) is 48.0 Å². The molecular weight excluding hydrogens is 431 g/mol. The molecule has 0 spiro atoms. The molecule has 5 rings (SSSR count). The van der Waals surface area contributed by atoms with Crippen molar-refractivity contribution >= 4 is 12.0 Å². The van der Waals surface area contributed by atoms with Crippen molar-refractivity contribution in [2.45, 2.75) is 44.1 Å². The number of amides is 1. The number of hydrogen-bond acceptors (Lipinski definition) is 4. The average Bonchev–Trinajstić information content (AvgIpc) is 3.31. The smallest absolute Gasteiger partial charge is 0.250 e. The largest absolute Gasteiger partial charge is 0.497 e. The van der Waals surface area contributed by atoms with Gasteiger partial charge in [-0.1, -0.05) is 24.3 Å². The molecular formula is C28H33FN2O3. The second kappa shape index (κ2) is 10.2. The fraction of sp³-hybridized carbons (Fsp3) is 0.464. The number of hydrogen-bond donors (Lipinski definition) is 1. The van der Waals surface area contributed by atoms with Gasteiger partial charge >= 0.3 is 0 Å². The van der Waals surface area contributed by atoms with Crippen molar-refractivity contribution in [3.63, 3.8) is 0 Å². The van der Waals surface area contributed by atoms with Crippen LogP contribution in [0.25, 0.3) is 6.08 Å². The molecule has 5 nitrogen and oxygen atoms in total. The lowest BCUT2D eigenvalue weighted by Gasteiger charge is -2.33. The van der Waals surface area contributed by atoms with Gasteiger partial charge in [-0.2, -0.15) is 0 Å². The summed E-state index contributed by atoms with van der Waals surface area (Å²) in [5, 5.41) is 3.19. The second-order valence-corrected chi connectivity index (χ2v) is 9.81. The van der Waals surface area contributed by atoms with Crippen LogP contribution < -0.4 is 14.8 Å². The molecule has 6 heteroatoms. The molecule has 0 aromatic heterocycles. The van der Waals surface area contributed by atoms with Crippen LogP contribution in [-0.4, -0.2) is 50.2 Å². The number of likely N-dealkylation sites (tertiary alicyclic amines) is 1. The molecule has 180 valence electrons. The van der Waals surface area contributed by atoms with Crippen LogP contribution in [0.5, 0.6) is 11.5 Å². The molecule has 1 saturated heterocycles. The number of nitrogens with one attached hydrogen (secondary N) is 1. The number of methoxy groups -OCH3 is 1. The van der Waals surface area contributed by atoms with E-state index in [0.29, 0.717) is 23.0 Å². The highest BCUT2D eigenvalue weighted by Gasteiger charge is 2.30. The van der Waals surface area contributed by atoms with Crippen molar-refractivity contribution in [2.24, 2.45) is 5.92 Å². The summed E-state index contributed by atoms with van der Waals surface area (Å²) in [6.45, 7) is 3.48. The number of rotatable bonds is 6. The van der Waals surface area contributed by atoms with E-state index in [4.69, 9.17) is 9.47 Å². The number of benzene rings is 2. The van der Waals surface area contributed by atoms with Gasteiger partial charge in [-0.05, 0) is 86.9 Å². The van der Waals surface area contributed by atoms with E-state index in [2.05, 4.69) is 34.5 Å². The minimum Gasteiger partial charge on any atom is -0.497 e. The van der Waals surface area contributed by atoms with Crippen LogP contribution in [0.1, 0.15) is 49.1 Å². The quantitative estimate of drug-likeness (QED) is 0.669. The summed E-state index contributed by atoms with van der Waals surface area (Å²) in [6.07, 6.45) is 7.30. The van der Waals surface area contributed by atoms with E-state index < -0.39 is 0 Å². The summed E-state index contributed by atoms with van der Waals surface area (Å²) in [5.41, 5.74) is 2.59. The zero-order valence-electron chi connectivity index (χ0n) is 19.8. The van der Waals surface area contributed by atoms with Crippen molar-refractivity contribution in [3.05, 3.63) is 65.0 Å². The maximum atomic E-state index is 13.8. The summed E-state index contributed by atoms with van der Waals surface area (Å²) in [5.74, 6) is 1.91. The van der Waals surface area contributed by atoms with Gasteiger partial charge in [0.1, 0.15) is 12.4 Å². The molecule has 2 atom stereocenters. The molecule has 3 aliphatic rings. The Hall–Kier alpha value is -2.86. The SMILES string of the molecule is COc1ccc(C2CCN(CC3CCC(NC(=O)C4=Cc5cccc(F)c5OC4)C3)CC2)cc1. The van der Waals surface area contributed by atoms with E-state index in [1.165, 1.54) is 24.5 Å². The number of carbonyl (C=O) groups excluding carboxylic acids is 1. The number of piperidine rings is 1. The Morgan fingerprint density at radius 1 is 1.12 bits per heavy atom. The van der Waals surface area contributed by atoms with E-state index in [-0.39, 0.29) is 30.1 Å². The van der Waals surface area contributed by atoms with E-state index in [1.807, 2.05) is 0 Å². The summed E-state index contributed by atoms with van der Waals surface area (Å²) in [7, 11) is 1.70. The Morgan fingerprint density at radius 2 is 1.91 bits per heavy atom. The van der Waals surface area contributed by atoms with E-state index in [1.54, 1.807) is 25.3 Å². The number of para-hydroxylation sites is 1. The zero-order chi connectivity index (χ0) is 23.5. The Kier molecular flexibility index (Phi) is 6.86. The molecule has 0 bridgehead atoms. The number of halogens is 1. The summed E-state index contributed by atoms with van der Waals surface area (Å²) < 4.78 is 24.6. The van der Waals surface area contributed by atoms with Gasteiger partial charge < -0.3 is 19.7 Å². The fourth-order valence-corrected chi connectivity index (χ4v) is 5.64. The Labute approximate surface area is 200 Å². The first-order valence-corrected chi connectivity index (χ1v) is 12.4. The van der Waals surface area contributed by atoms with Gasteiger partial charge in [0.15, 0.2) is 11.6 Å². The molecule has 2 aromatic rings. The first-order valence-electron chi connectivity index (χ1n) is 12.4. The fourth-order valence-electron chi connectivity index (χ4n) is 5.64. The van der Waals surface area contributed by atoms with Crippen LogP contribution in [0.2, 0.25) is 0 Å². The van der Waals surface area contributed by atoms with Crippen molar-refractivity contribution in [3.8, 4) is 11.5 Å². The molecule has 1 saturated carbocycles. The normalized spacial score (nSPS) is 23.1. The summed E-state index contributed by atoms with van der Waals surface area (Å²) in [4.78, 5) is 15.4. The molecule has 2 aromatic carbocycles. The molecule has 1 amide bonds. The summed E-state index contributed by atoms with van der Waals surface area (Å²) >= 11 is 0. The number of nitrogens with zero attached hydrogens (tertiary/aromatic N) is 1. The summed E-state index contributed by atoms with van der Waals surface area (Å²) in [6, 6.07) is 13.5. The Balaban J connectivity index is 1.08. The molecule has 1 aliphatic carbocycles. The van der Waals surface area contributed by atoms with Crippen LogP contribution in [-0.2, 0) is 4.79 Å². The van der Waals surface area contributed by atoms with Crippen LogP contribution in [0, 0.1) is 11.7 Å².